The quantitative estimate of drug-likeness (QED) is 0.492. The van der Waals surface area contributed by atoms with Gasteiger partial charge in [-0.3, -0.25) is 4.79 Å². The third kappa shape index (κ3) is 3.92. The molecule has 0 aliphatic rings. The molecule has 0 radical (unpaired) electrons. The molecular formula is C20H18FN3O3. The molecule has 0 saturated carbocycles. The molecule has 3 rings (SSSR count). The molecule has 2 heterocycles. The van der Waals surface area contributed by atoms with E-state index in [0.29, 0.717) is 11.5 Å². The number of halogens is 1. The fraction of sp³-hybridized carbons (Fsp3) is 0.200. The maximum absolute atomic E-state index is 13.7. The van der Waals surface area contributed by atoms with Crippen LogP contribution in [0.4, 0.5) is 4.39 Å². The standard InChI is InChI=1S/C20H18FN3O3/c1-13(2)19-15(11-23-24(19)18-9-5-6-10-22-18)20(26)27-12-17(25)14-7-3-4-8-16(14)21/h3-11,13H,12H2,1-2H3. The summed E-state index contributed by atoms with van der Waals surface area (Å²) in [7, 11) is 0. The normalized spacial score (nSPS) is 10.8. The number of carbonyl (C=O) groups excluding carboxylic acids is 2. The van der Waals surface area contributed by atoms with Crippen molar-refractivity contribution in [2.24, 2.45) is 0 Å². The lowest BCUT2D eigenvalue weighted by Crippen LogP contribution is -2.17. The fourth-order valence-corrected chi connectivity index (χ4v) is 2.71. The predicted octanol–water partition coefficient (Wildman–Crippen LogP) is 3.57. The molecule has 2 aromatic heterocycles. The monoisotopic (exact) mass is 367 g/mol. The summed E-state index contributed by atoms with van der Waals surface area (Å²) in [5.41, 5.74) is 0.757. The van der Waals surface area contributed by atoms with E-state index in [9.17, 15) is 14.0 Å². The average Bonchev–Trinajstić information content (AvgIpc) is 3.12. The number of ether oxygens (including phenoxy) is 1. The molecule has 7 heteroatoms. The number of rotatable bonds is 6. The molecular weight excluding hydrogens is 349 g/mol. The van der Waals surface area contributed by atoms with Crippen LogP contribution < -0.4 is 0 Å². The van der Waals surface area contributed by atoms with Crippen LogP contribution >= 0.6 is 0 Å². The lowest BCUT2D eigenvalue weighted by Gasteiger charge is -2.12. The van der Waals surface area contributed by atoms with Gasteiger partial charge in [0.15, 0.2) is 12.4 Å². The van der Waals surface area contributed by atoms with Gasteiger partial charge < -0.3 is 4.74 Å². The number of esters is 1. The van der Waals surface area contributed by atoms with E-state index in [1.165, 1.54) is 24.4 Å². The van der Waals surface area contributed by atoms with Gasteiger partial charge in [-0.15, -0.1) is 0 Å². The number of aromatic nitrogens is 3. The summed E-state index contributed by atoms with van der Waals surface area (Å²) in [5, 5.41) is 4.24. The second-order valence-corrected chi connectivity index (χ2v) is 6.18. The van der Waals surface area contributed by atoms with Gasteiger partial charge in [0.2, 0.25) is 5.78 Å². The first-order chi connectivity index (χ1) is 13.0. The van der Waals surface area contributed by atoms with Crippen molar-refractivity contribution in [3.8, 4) is 5.82 Å². The number of Topliss-reactive ketones (excluding diaryl/α,β-unsaturated/α-hetero) is 1. The third-order valence-electron chi connectivity index (χ3n) is 3.95. The van der Waals surface area contributed by atoms with Gasteiger partial charge in [-0.25, -0.2) is 18.9 Å². The molecule has 27 heavy (non-hydrogen) atoms. The lowest BCUT2D eigenvalue weighted by molar-refractivity contribution is 0.0472. The SMILES string of the molecule is CC(C)c1c(C(=O)OCC(=O)c2ccccc2F)cnn1-c1ccccn1. The van der Waals surface area contributed by atoms with Crippen LogP contribution in [0, 0.1) is 5.82 Å². The number of hydrogen-bond donors (Lipinski definition) is 0. The Morgan fingerprint density at radius 3 is 2.52 bits per heavy atom. The molecule has 0 spiro atoms. The zero-order chi connectivity index (χ0) is 19.4. The van der Waals surface area contributed by atoms with Crippen LogP contribution in [0.15, 0.2) is 54.9 Å². The summed E-state index contributed by atoms with van der Waals surface area (Å²) < 4.78 is 20.3. The van der Waals surface area contributed by atoms with Crippen molar-refractivity contribution in [1.82, 2.24) is 14.8 Å². The van der Waals surface area contributed by atoms with E-state index < -0.39 is 24.2 Å². The van der Waals surface area contributed by atoms with Crippen molar-refractivity contribution in [1.29, 1.82) is 0 Å². The van der Waals surface area contributed by atoms with E-state index >= 15 is 0 Å². The van der Waals surface area contributed by atoms with E-state index in [2.05, 4.69) is 10.1 Å². The van der Waals surface area contributed by atoms with Crippen LogP contribution in [0.25, 0.3) is 5.82 Å². The first-order valence-electron chi connectivity index (χ1n) is 8.43. The molecule has 0 unspecified atom stereocenters. The first kappa shape index (κ1) is 18.4. The number of carbonyl (C=O) groups is 2. The maximum atomic E-state index is 13.7. The third-order valence-corrected chi connectivity index (χ3v) is 3.95. The maximum Gasteiger partial charge on any atom is 0.342 e. The van der Waals surface area contributed by atoms with Crippen LogP contribution in [-0.4, -0.2) is 33.1 Å². The molecule has 0 aliphatic heterocycles. The van der Waals surface area contributed by atoms with Gasteiger partial charge in [-0.1, -0.05) is 32.0 Å². The Bertz CT molecular complexity index is 968. The van der Waals surface area contributed by atoms with Gasteiger partial charge in [0.05, 0.1) is 17.5 Å². The van der Waals surface area contributed by atoms with E-state index in [1.807, 2.05) is 19.9 Å². The molecule has 0 atom stereocenters. The second kappa shape index (κ2) is 7.90. The molecule has 0 saturated heterocycles. The highest BCUT2D eigenvalue weighted by Gasteiger charge is 2.23. The van der Waals surface area contributed by atoms with Crippen LogP contribution in [-0.2, 0) is 4.74 Å². The number of ketones is 1. The molecule has 0 aliphatic carbocycles. The van der Waals surface area contributed by atoms with E-state index in [-0.39, 0.29) is 17.0 Å². The number of pyridine rings is 1. The molecule has 1 aromatic carbocycles. The molecule has 0 N–H and O–H groups in total. The van der Waals surface area contributed by atoms with Crippen LogP contribution in [0.3, 0.4) is 0 Å². The minimum absolute atomic E-state index is 0.0423. The van der Waals surface area contributed by atoms with Crippen molar-refractivity contribution >= 4 is 11.8 Å². The number of nitrogens with zero attached hydrogens (tertiary/aromatic N) is 3. The highest BCUT2D eigenvalue weighted by atomic mass is 19.1. The zero-order valence-corrected chi connectivity index (χ0v) is 14.9. The lowest BCUT2D eigenvalue weighted by atomic mass is 10.1. The highest BCUT2D eigenvalue weighted by molar-refractivity contribution is 5.99. The number of hydrogen-bond acceptors (Lipinski definition) is 5. The molecule has 6 nitrogen and oxygen atoms in total. The number of benzene rings is 1. The van der Waals surface area contributed by atoms with Crippen LogP contribution in [0.5, 0.6) is 0 Å². The topological polar surface area (TPSA) is 74.1 Å². The summed E-state index contributed by atoms with van der Waals surface area (Å²) in [5.74, 6) is -1.42. The Kier molecular flexibility index (Phi) is 5.40. The van der Waals surface area contributed by atoms with Crippen LogP contribution in [0.2, 0.25) is 0 Å². The molecule has 3 aromatic rings. The molecule has 0 amide bonds. The molecule has 0 fully saturated rings. The summed E-state index contributed by atoms with van der Waals surface area (Å²) in [6.07, 6.45) is 3.02. The van der Waals surface area contributed by atoms with Gasteiger partial charge in [0, 0.05) is 6.20 Å². The first-order valence-corrected chi connectivity index (χ1v) is 8.43. The van der Waals surface area contributed by atoms with E-state index in [1.54, 1.807) is 29.1 Å². The van der Waals surface area contributed by atoms with Crippen LogP contribution in [0.1, 0.15) is 46.2 Å². The Morgan fingerprint density at radius 2 is 1.85 bits per heavy atom. The Morgan fingerprint density at radius 1 is 1.11 bits per heavy atom. The summed E-state index contributed by atoms with van der Waals surface area (Å²) in [6, 6.07) is 10.9. The minimum Gasteiger partial charge on any atom is -0.454 e. The molecule has 138 valence electrons. The van der Waals surface area contributed by atoms with Crippen molar-refractivity contribution < 1.29 is 18.7 Å². The highest BCUT2D eigenvalue weighted by Crippen LogP contribution is 2.23. The van der Waals surface area contributed by atoms with Crippen molar-refractivity contribution in [3.63, 3.8) is 0 Å². The summed E-state index contributed by atoms with van der Waals surface area (Å²) >= 11 is 0. The average molecular weight is 367 g/mol. The van der Waals surface area contributed by atoms with Gasteiger partial charge in [-0.2, -0.15) is 5.10 Å². The van der Waals surface area contributed by atoms with Gasteiger partial charge in [0.25, 0.3) is 0 Å². The molecule has 0 bridgehead atoms. The smallest absolute Gasteiger partial charge is 0.342 e. The largest absolute Gasteiger partial charge is 0.454 e. The van der Waals surface area contributed by atoms with Crippen molar-refractivity contribution in [2.75, 3.05) is 6.61 Å². The fourth-order valence-electron chi connectivity index (χ4n) is 2.71. The Hall–Kier alpha value is -3.35. The Labute approximate surface area is 155 Å². The van der Waals surface area contributed by atoms with E-state index in [0.717, 1.165) is 0 Å². The summed E-state index contributed by atoms with van der Waals surface area (Å²) in [6.45, 7) is 3.28. The predicted molar refractivity (Wildman–Crippen MR) is 96.5 cm³/mol. The zero-order valence-electron chi connectivity index (χ0n) is 14.9. The van der Waals surface area contributed by atoms with E-state index in [4.69, 9.17) is 4.74 Å². The van der Waals surface area contributed by atoms with Crippen molar-refractivity contribution in [3.05, 3.63) is 77.5 Å². The Balaban J connectivity index is 1.80. The van der Waals surface area contributed by atoms with Crippen molar-refractivity contribution in [2.45, 2.75) is 19.8 Å². The summed E-state index contributed by atoms with van der Waals surface area (Å²) in [4.78, 5) is 28.8. The van der Waals surface area contributed by atoms with Gasteiger partial charge in [-0.05, 0) is 30.2 Å². The van der Waals surface area contributed by atoms with Gasteiger partial charge in [0.1, 0.15) is 11.4 Å². The second-order valence-electron chi connectivity index (χ2n) is 6.18. The van der Waals surface area contributed by atoms with Gasteiger partial charge >= 0.3 is 5.97 Å². The minimum atomic E-state index is -0.689.